The van der Waals surface area contributed by atoms with Crippen LogP contribution >= 0.6 is 11.6 Å². The van der Waals surface area contributed by atoms with Crippen molar-refractivity contribution in [3.8, 4) is 0 Å². The first-order valence-corrected chi connectivity index (χ1v) is 7.06. The minimum atomic E-state index is -4.58. The third-order valence-electron chi connectivity index (χ3n) is 3.01. The average Bonchev–Trinajstić information content (AvgIpc) is 2.38. The van der Waals surface area contributed by atoms with Gasteiger partial charge in [0, 0.05) is 11.4 Å². The molecule has 0 atom stereocenters. The first-order valence-electron chi connectivity index (χ1n) is 6.68. The van der Waals surface area contributed by atoms with Crippen LogP contribution in [0.15, 0.2) is 36.4 Å². The Balaban J connectivity index is 2.14. The van der Waals surface area contributed by atoms with Gasteiger partial charge in [0.25, 0.3) is 0 Å². The molecule has 0 fully saturated rings. The molecule has 0 bridgehead atoms. The fourth-order valence-corrected chi connectivity index (χ4v) is 2.39. The minimum Gasteiger partial charge on any atom is -0.308 e. The van der Waals surface area contributed by atoms with Gasteiger partial charge in [0.15, 0.2) is 0 Å². The molecule has 0 aliphatic rings. The summed E-state index contributed by atoms with van der Waals surface area (Å²) in [6.07, 6.45) is -4.58. The number of anilines is 2. The normalized spacial score (nSPS) is 11.2. The largest absolute Gasteiger partial charge is 0.417 e. The maximum absolute atomic E-state index is 12.8. The van der Waals surface area contributed by atoms with Crippen molar-refractivity contribution < 1.29 is 18.0 Å². The lowest BCUT2D eigenvalue weighted by Gasteiger charge is -2.13. The molecule has 2 aromatic rings. The highest BCUT2D eigenvalue weighted by Gasteiger charge is 2.33. The maximum Gasteiger partial charge on any atom is 0.417 e. The first-order chi connectivity index (χ1) is 10.6. The van der Waals surface area contributed by atoms with Gasteiger partial charge in [-0.2, -0.15) is 13.2 Å². The predicted molar refractivity (Wildman–Crippen MR) is 85.0 cm³/mol. The van der Waals surface area contributed by atoms with Crippen LogP contribution in [-0.4, -0.2) is 6.03 Å². The van der Waals surface area contributed by atoms with Gasteiger partial charge in [-0.3, -0.25) is 0 Å². The molecule has 0 aromatic heterocycles. The van der Waals surface area contributed by atoms with E-state index in [9.17, 15) is 18.0 Å². The van der Waals surface area contributed by atoms with Crippen LogP contribution in [0.3, 0.4) is 0 Å². The number of hydrogen-bond donors (Lipinski definition) is 2. The van der Waals surface area contributed by atoms with Gasteiger partial charge in [-0.05, 0) is 55.3 Å². The van der Waals surface area contributed by atoms with E-state index in [0.29, 0.717) is 5.69 Å². The summed E-state index contributed by atoms with van der Waals surface area (Å²) < 4.78 is 38.4. The van der Waals surface area contributed by atoms with Crippen LogP contribution in [0.1, 0.15) is 16.7 Å². The van der Waals surface area contributed by atoms with Crippen LogP contribution in [0, 0.1) is 13.8 Å². The number of urea groups is 1. The van der Waals surface area contributed by atoms with E-state index in [0.717, 1.165) is 23.3 Å². The zero-order valence-electron chi connectivity index (χ0n) is 12.4. The van der Waals surface area contributed by atoms with E-state index in [1.54, 1.807) is 12.1 Å². The molecule has 0 saturated heterocycles. The van der Waals surface area contributed by atoms with Crippen LogP contribution in [0.25, 0.3) is 0 Å². The molecule has 0 radical (unpaired) electrons. The molecule has 2 amide bonds. The van der Waals surface area contributed by atoms with E-state index in [2.05, 4.69) is 10.6 Å². The van der Waals surface area contributed by atoms with Crippen molar-refractivity contribution in [3.63, 3.8) is 0 Å². The molecular weight excluding hydrogens is 329 g/mol. The number of benzene rings is 2. The quantitative estimate of drug-likeness (QED) is 0.730. The van der Waals surface area contributed by atoms with E-state index in [1.807, 2.05) is 19.9 Å². The van der Waals surface area contributed by atoms with Gasteiger partial charge in [-0.1, -0.05) is 17.7 Å². The summed E-state index contributed by atoms with van der Waals surface area (Å²) in [4.78, 5) is 11.9. The number of carbonyl (C=O) groups is 1. The molecule has 0 aliphatic heterocycles. The van der Waals surface area contributed by atoms with Gasteiger partial charge in [-0.15, -0.1) is 0 Å². The Bertz CT molecular complexity index is 724. The summed E-state index contributed by atoms with van der Waals surface area (Å²) in [5.41, 5.74) is 1.49. The Morgan fingerprint density at radius 1 is 0.957 bits per heavy atom. The summed E-state index contributed by atoms with van der Waals surface area (Å²) in [6.45, 7) is 3.76. The van der Waals surface area contributed by atoms with Crippen LogP contribution in [0.5, 0.6) is 0 Å². The fourth-order valence-electron chi connectivity index (χ4n) is 2.16. The average molecular weight is 343 g/mol. The van der Waals surface area contributed by atoms with Gasteiger partial charge in [-0.25, -0.2) is 4.79 Å². The number of hydrogen-bond acceptors (Lipinski definition) is 1. The lowest BCUT2D eigenvalue weighted by atomic mass is 10.1. The Morgan fingerprint density at radius 3 is 2.09 bits per heavy atom. The van der Waals surface area contributed by atoms with Crippen molar-refractivity contribution in [2.45, 2.75) is 20.0 Å². The number of alkyl halides is 3. The van der Waals surface area contributed by atoms with Crippen molar-refractivity contribution in [2.75, 3.05) is 10.6 Å². The lowest BCUT2D eigenvalue weighted by molar-refractivity contribution is -0.137. The number of halogens is 4. The summed E-state index contributed by atoms with van der Waals surface area (Å²) >= 11 is 5.53. The molecule has 2 rings (SSSR count). The summed E-state index contributed by atoms with van der Waals surface area (Å²) in [5, 5.41) is 4.52. The number of carbonyl (C=O) groups excluding carboxylic acids is 1. The minimum absolute atomic E-state index is 0.00333. The summed E-state index contributed by atoms with van der Waals surface area (Å²) in [5.74, 6) is 0. The molecule has 0 saturated carbocycles. The van der Waals surface area contributed by atoms with Crippen molar-refractivity contribution >= 4 is 29.0 Å². The highest BCUT2D eigenvalue weighted by atomic mass is 35.5. The Hall–Kier alpha value is -2.21. The van der Waals surface area contributed by atoms with Crippen molar-refractivity contribution in [2.24, 2.45) is 0 Å². The number of amides is 2. The third-order valence-corrected chi connectivity index (χ3v) is 3.34. The molecule has 3 nitrogen and oxygen atoms in total. The zero-order valence-corrected chi connectivity index (χ0v) is 13.1. The number of nitrogens with one attached hydrogen (secondary N) is 2. The van der Waals surface area contributed by atoms with Crippen LogP contribution < -0.4 is 10.6 Å². The van der Waals surface area contributed by atoms with E-state index in [1.165, 1.54) is 6.07 Å². The van der Waals surface area contributed by atoms with E-state index in [4.69, 9.17) is 11.6 Å². The Labute approximate surface area is 136 Å². The van der Waals surface area contributed by atoms with Crippen molar-refractivity contribution in [1.82, 2.24) is 0 Å². The van der Waals surface area contributed by atoms with E-state index < -0.39 is 22.8 Å². The molecule has 2 aromatic carbocycles. The number of aryl methyl sites for hydroxylation is 2. The standard InChI is InChI=1S/C16H14ClF3N2O/c1-9-5-10(2)7-12(6-9)22-15(23)21-11-3-4-14(17)13(8-11)16(18,19)20/h3-8H,1-2H3,(H2,21,22,23). The fraction of sp³-hybridized carbons (Fsp3) is 0.188. The van der Waals surface area contributed by atoms with Gasteiger partial charge in [0.05, 0.1) is 10.6 Å². The van der Waals surface area contributed by atoms with Crippen LogP contribution in [0.4, 0.5) is 29.3 Å². The topological polar surface area (TPSA) is 41.1 Å². The van der Waals surface area contributed by atoms with Gasteiger partial charge < -0.3 is 10.6 Å². The highest BCUT2D eigenvalue weighted by Crippen LogP contribution is 2.36. The highest BCUT2D eigenvalue weighted by molar-refractivity contribution is 6.31. The molecule has 2 N–H and O–H groups in total. The molecule has 122 valence electrons. The van der Waals surface area contributed by atoms with E-state index >= 15 is 0 Å². The molecule has 0 spiro atoms. The second-order valence-electron chi connectivity index (χ2n) is 5.15. The Morgan fingerprint density at radius 2 is 1.52 bits per heavy atom. The predicted octanol–water partition coefficient (Wildman–Crippen LogP) is 5.62. The molecule has 7 heteroatoms. The second-order valence-corrected chi connectivity index (χ2v) is 5.56. The maximum atomic E-state index is 12.8. The van der Waals surface area contributed by atoms with Crippen LogP contribution in [0.2, 0.25) is 5.02 Å². The van der Waals surface area contributed by atoms with Crippen molar-refractivity contribution in [3.05, 3.63) is 58.1 Å². The molecule has 23 heavy (non-hydrogen) atoms. The molecule has 0 heterocycles. The SMILES string of the molecule is Cc1cc(C)cc(NC(=O)Nc2ccc(Cl)c(C(F)(F)F)c2)c1. The summed E-state index contributed by atoms with van der Waals surface area (Å²) in [6, 6.07) is 8.02. The smallest absolute Gasteiger partial charge is 0.308 e. The van der Waals surface area contributed by atoms with Gasteiger partial charge in [0.1, 0.15) is 0 Å². The number of rotatable bonds is 2. The molecule has 0 unspecified atom stereocenters. The zero-order chi connectivity index (χ0) is 17.2. The summed E-state index contributed by atoms with van der Waals surface area (Å²) in [7, 11) is 0. The van der Waals surface area contributed by atoms with Gasteiger partial charge in [0.2, 0.25) is 0 Å². The Kier molecular flexibility index (Phi) is 4.85. The lowest BCUT2D eigenvalue weighted by Crippen LogP contribution is -2.20. The monoisotopic (exact) mass is 342 g/mol. The molecule has 0 aliphatic carbocycles. The van der Waals surface area contributed by atoms with Gasteiger partial charge >= 0.3 is 12.2 Å². The molecular formula is C16H14ClF3N2O. The second kappa shape index (κ2) is 6.50. The van der Waals surface area contributed by atoms with Crippen LogP contribution in [-0.2, 0) is 6.18 Å². The van der Waals surface area contributed by atoms with Crippen molar-refractivity contribution in [1.29, 1.82) is 0 Å². The van der Waals surface area contributed by atoms with E-state index in [-0.39, 0.29) is 5.69 Å². The first kappa shape index (κ1) is 17.1. The third kappa shape index (κ3) is 4.63.